The zero-order valence-corrected chi connectivity index (χ0v) is 15.8. The number of hydrogen-bond donors (Lipinski definition) is 1. The number of ether oxygens (including phenoxy) is 1. The maximum atomic E-state index is 14.2. The van der Waals surface area contributed by atoms with Gasteiger partial charge in [0.15, 0.2) is 0 Å². The van der Waals surface area contributed by atoms with Crippen molar-refractivity contribution < 1.29 is 14.2 Å². The van der Waals surface area contributed by atoms with Gasteiger partial charge < -0.3 is 9.84 Å². The fourth-order valence-corrected chi connectivity index (χ4v) is 3.93. The van der Waals surface area contributed by atoms with Gasteiger partial charge in [0.25, 0.3) is 0 Å². The molecule has 1 aliphatic rings. The lowest BCUT2D eigenvalue weighted by atomic mass is 9.74. The van der Waals surface area contributed by atoms with Crippen LogP contribution in [0.5, 0.6) is 0 Å². The second kappa shape index (κ2) is 8.43. The minimum atomic E-state index is -1.04. The van der Waals surface area contributed by atoms with Crippen LogP contribution in [0.15, 0.2) is 53.0 Å². The summed E-state index contributed by atoms with van der Waals surface area (Å²) < 4.78 is 20.6. The number of benzene rings is 2. The van der Waals surface area contributed by atoms with Crippen molar-refractivity contribution >= 4 is 15.9 Å². The summed E-state index contributed by atoms with van der Waals surface area (Å²) in [6, 6.07) is 15.1. The molecule has 0 saturated heterocycles. The Balaban J connectivity index is 1.45. The van der Waals surface area contributed by atoms with Gasteiger partial charge in [-0.15, -0.1) is 0 Å². The molecule has 3 rings (SSSR count). The van der Waals surface area contributed by atoms with Crippen molar-refractivity contribution in [1.82, 2.24) is 0 Å². The van der Waals surface area contributed by atoms with E-state index >= 15 is 0 Å². The van der Waals surface area contributed by atoms with Crippen molar-refractivity contribution in [3.05, 3.63) is 69.9 Å². The molecule has 2 aromatic carbocycles. The van der Waals surface area contributed by atoms with E-state index < -0.39 is 5.60 Å². The molecule has 134 valence electrons. The molecule has 0 aromatic heterocycles. The number of rotatable bonds is 6. The second-order valence-electron chi connectivity index (χ2n) is 6.93. The van der Waals surface area contributed by atoms with Crippen LogP contribution in [0.4, 0.5) is 4.39 Å². The molecule has 1 aliphatic carbocycles. The summed E-state index contributed by atoms with van der Waals surface area (Å²) in [5, 5.41) is 10.9. The molecule has 0 atom stereocenters. The van der Waals surface area contributed by atoms with Gasteiger partial charge in [-0.2, -0.15) is 0 Å². The lowest BCUT2D eigenvalue weighted by Gasteiger charge is -2.36. The first-order valence-electron chi connectivity index (χ1n) is 8.86. The zero-order valence-electron chi connectivity index (χ0n) is 14.3. The summed E-state index contributed by atoms with van der Waals surface area (Å²) in [7, 11) is 0. The van der Waals surface area contributed by atoms with Crippen LogP contribution in [-0.4, -0.2) is 11.7 Å². The molecular weight excluding hydrogens is 383 g/mol. The average molecular weight is 407 g/mol. The second-order valence-corrected chi connectivity index (χ2v) is 7.84. The molecule has 0 bridgehead atoms. The average Bonchev–Trinajstić information content (AvgIpc) is 2.61. The Labute approximate surface area is 157 Å². The number of aliphatic hydroxyl groups is 1. The van der Waals surface area contributed by atoms with E-state index in [0.717, 1.165) is 25.9 Å². The topological polar surface area (TPSA) is 29.5 Å². The van der Waals surface area contributed by atoms with Crippen molar-refractivity contribution in [2.24, 2.45) is 5.92 Å². The van der Waals surface area contributed by atoms with Crippen LogP contribution < -0.4 is 0 Å². The van der Waals surface area contributed by atoms with E-state index in [2.05, 4.69) is 28.1 Å². The molecule has 0 unspecified atom stereocenters. The molecule has 0 amide bonds. The van der Waals surface area contributed by atoms with E-state index in [1.807, 2.05) is 18.2 Å². The van der Waals surface area contributed by atoms with Crippen molar-refractivity contribution in [1.29, 1.82) is 0 Å². The van der Waals surface area contributed by atoms with Crippen molar-refractivity contribution in [2.45, 2.75) is 44.3 Å². The van der Waals surface area contributed by atoms with Gasteiger partial charge in [-0.3, -0.25) is 0 Å². The van der Waals surface area contributed by atoms with Gasteiger partial charge in [0.2, 0.25) is 0 Å². The highest BCUT2D eigenvalue weighted by molar-refractivity contribution is 9.10. The first-order chi connectivity index (χ1) is 12.1. The highest BCUT2D eigenvalue weighted by atomic mass is 79.9. The van der Waals surface area contributed by atoms with Gasteiger partial charge >= 0.3 is 0 Å². The SMILES string of the molecule is OC1(c2ccc(Br)cc2F)CCC(CCOCc2ccccc2)CC1. The van der Waals surface area contributed by atoms with E-state index in [1.54, 1.807) is 12.1 Å². The Morgan fingerprint density at radius 2 is 1.84 bits per heavy atom. The first kappa shape index (κ1) is 18.6. The van der Waals surface area contributed by atoms with E-state index in [-0.39, 0.29) is 5.82 Å². The lowest BCUT2D eigenvalue weighted by molar-refractivity contribution is -0.0219. The van der Waals surface area contributed by atoms with Gasteiger partial charge in [0, 0.05) is 16.6 Å². The number of halogens is 2. The molecule has 2 nitrogen and oxygen atoms in total. The predicted octanol–water partition coefficient (Wildman–Crippen LogP) is 5.57. The third kappa shape index (κ3) is 4.90. The smallest absolute Gasteiger partial charge is 0.130 e. The Hall–Kier alpha value is -1.23. The largest absolute Gasteiger partial charge is 0.385 e. The Bertz CT molecular complexity index is 682. The maximum absolute atomic E-state index is 14.2. The summed E-state index contributed by atoms with van der Waals surface area (Å²) in [6.07, 6.45) is 4.01. The van der Waals surface area contributed by atoms with Crippen LogP contribution in [0.1, 0.15) is 43.2 Å². The van der Waals surface area contributed by atoms with Crippen molar-refractivity contribution in [3.63, 3.8) is 0 Å². The van der Waals surface area contributed by atoms with Crippen LogP contribution in [0, 0.1) is 11.7 Å². The molecule has 0 radical (unpaired) electrons. The molecule has 0 spiro atoms. The van der Waals surface area contributed by atoms with E-state index in [0.29, 0.717) is 35.4 Å². The molecule has 4 heteroatoms. The predicted molar refractivity (Wildman–Crippen MR) is 101 cm³/mol. The lowest BCUT2D eigenvalue weighted by Crippen LogP contribution is -2.32. The molecule has 1 N–H and O–H groups in total. The summed E-state index contributed by atoms with van der Waals surface area (Å²) in [5.41, 5.74) is 0.576. The van der Waals surface area contributed by atoms with Crippen LogP contribution in [-0.2, 0) is 16.9 Å². The van der Waals surface area contributed by atoms with Gasteiger partial charge in [-0.1, -0.05) is 52.3 Å². The zero-order chi connectivity index (χ0) is 17.7. The Morgan fingerprint density at radius 1 is 1.12 bits per heavy atom. The van der Waals surface area contributed by atoms with E-state index in [4.69, 9.17) is 4.74 Å². The number of hydrogen-bond acceptors (Lipinski definition) is 2. The fourth-order valence-electron chi connectivity index (χ4n) is 3.59. The maximum Gasteiger partial charge on any atom is 0.130 e. The van der Waals surface area contributed by atoms with Gasteiger partial charge in [-0.25, -0.2) is 4.39 Å². The summed E-state index contributed by atoms with van der Waals surface area (Å²) in [6.45, 7) is 1.37. The third-order valence-corrected chi connectivity index (χ3v) is 5.64. The molecule has 0 heterocycles. The van der Waals surface area contributed by atoms with E-state index in [9.17, 15) is 9.50 Å². The minimum Gasteiger partial charge on any atom is -0.385 e. The normalized spacial score (nSPS) is 23.6. The first-order valence-corrected chi connectivity index (χ1v) is 9.66. The third-order valence-electron chi connectivity index (χ3n) is 5.15. The van der Waals surface area contributed by atoms with Crippen LogP contribution >= 0.6 is 15.9 Å². The molecule has 1 fully saturated rings. The summed E-state index contributed by atoms with van der Waals surface area (Å²) in [5.74, 6) is 0.205. The van der Waals surface area contributed by atoms with Gasteiger partial charge in [0.05, 0.1) is 12.2 Å². The van der Waals surface area contributed by atoms with Crippen LogP contribution in [0.3, 0.4) is 0 Å². The standard InChI is InChI=1S/C21H24BrFO2/c22-18-6-7-19(20(23)14-18)21(24)11-8-16(9-12-21)10-13-25-15-17-4-2-1-3-5-17/h1-7,14,16,24H,8-13,15H2. The van der Waals surface area contributed by atoms with Crippen molar-refractivity contribution in [3.8, 4) is 0 Å². The molecule has 1 saturated carbocycles. The highest BCUT2D eigenvalue weighted by Crippen LogP contribution is 2.41. The Morgan fingerprint density at radius 3 is 2.52 bits per heavy atom. The highest BCUT2D eigenvalue weighted by Gasteiger charge is 2.36. The van der Waals surface area contributed by atoms with Crippen LogP contribution in [0.25, 0.3) is 0 Å². The quantitative estimate of drug-likeness (QED) is 0.635. The van der Waals surface area contributed by atoms with Gasteiger partial charge in [-0.05, 0) is 55.7 Å². The molecular formula is C21H24BrFO2. The summed E-state index contributed by atoms with van der Waals surface area (Å²) in [4.78, 5) is 0. The van der Waals surface area contributed by atoms with Crippen LogP contribution in [0.2, 0.25) is 0 Å². The van der Waals surface area contributed by atoms with Crippen molar-refractivity contribution in [2.75, 3.05) is 6.61 Å². The van der Waals surface area contributed by atoms with E-state index in [1.165, 1.54) is 11.6 Å². The fraction of sp³-hybridized carbons (Fsp3) is 0.429. The molecule has 2 aromatic rings. The summed E-state index contributed by atoms with van der Waals surface area (Å²) >= 11 is 3.26. The van der Waals surface area contributed by atoms with Gasteiger partial charge in [0.1, 0.15) is 5.82 Å². The Kier molecular flexibility index (Phi) is 6.26. The monoisotopic (exact) mass is 406 g/mol. The minimum absolute atomic E-state index is 0.332. The molecule has 25 heavy (non-hydrogen) atoms. The molecule has 0 aliphatic heterocycles.